The highest BCUT2D eigenvalue weighted by Crippen LogP contribution is 2.40. The standard InChI is InChI=1S/C20H21Cl3F3NO2/c1-2-3-12-27-18(19(21,22)23)15-6-10-16(11-7-15)28-13-14-4-8-17(9-5-14)29-20(24,25)26/h4-11,18,27H,2-3,12-13H2,1H3. The van der Waals surface area contributed by atoms with Crippen LogP contribution in [0.4, 0.5) is 13.2 Å². The number of rotatable bonds is 9. The van der Waals surface area contributed by atoms with Crippen molar-refractivity contribution in [3.8, 4) is 11.5 Å². The van der Waals surface area contributed by atoms with Gasteiger partial charge in [0.15, 0.2) is 0 Å². The normalized spacial score (nSPS) is 13.2. The zero-order chi connectivity index (χ0) is 21.5. The van der Waals surface area contributed by atoms with Crippen molar-refractivity contribution in [2.45, 2.75) is 42.6 Å². The molecule has 0 fully saturated rings. The zero-order valence-corrected chi connectivity index (χ0v) is 17.9. The molecule has 0 spiro atoms. The van der Waals surface area contributed by atoms with Gasteiger partial charge in [-0.3, -0.25) is 0 Å². The van der Waals surface area contributed by atoms with Crippen LogP contribution in [0, 0.1) is 0 Å². The van der Waals surface area contributed by atoms with Crippen molar-refractivity contribution in [2.24, 2.45) is 0 Å². The first-order chi connectivity index (χ1) is 13.6. The minimum absolute atomic E-state index is 0.189. The van der Waals surface area contributed by atoms with Gasteiger partial charge in [0.1, 0.15) is 18.1 Å². The maximum atomic E-state index is 12.2. The highest BCUT2D eigenvalue weighted by molar-refractivity contribution is 6.68. The predicted octanol–water partition coefficient (Wildman–Crippen LogP) is 6.97. The van der Waals surface area contributed by atoms with Gasteiger partial charge in [-0.05, 0) is 48.4 Å². The van der Waals surface area contributed by atoms with Gasteiger partial charge < -0.3 is 14.8 Å². The topological polar surface area (TPSA) is 30.5 Å². The fourth-order valence-corrected chi connectivity index (χ4v) is 3.17. The Kier molecular flexibility index (Phi) is 8.76. The lowest BCUT2D eigenvalue weighted by Crippen LogP contribution is -2.32. The van der Waals surface area contributed by atoms with Crippen LogP contribution in [0.25, 0.3) is 0 Å². The Morgan fingerprint density at radius 1 is 0.931 bits per heavy atom. The van der Waals surface area contributed by atoms with Crippen LogP contribution >= 0.6 is 34.8 Å². The summed E-state index contributed by atoms with van der Waals surface area (Å²) in [5, 5.41) is 3.25. The molecule has 29 heavy (non-hydrogen) atoms. The number of alkyl halides is 6. The van der Waals surface area contributed by atoms with E-state index in [0.29, 0.717) is 11.3 Å². The van der Waals surface area contributed by atoms with Crippen LogP contribution in [0.1, 0.15) is 36.9 Å². The number of unbranched alkanes of at least 4 members (excludes halogenated alkanes) is 1. The molecule has 2 rings (SSSR count). The van der Waals surface area contributed by atoms with Crippen molar-refractivity contribution < 1.29 is 22.6 Å². The summed E-state index contributed by atoms with van der Waals surface area (Å²) in [7, 11) is 0. The van der Waals surface area contributed by atoms with E-state index in [1.54, 1.807) is 24.3 Å². The van der Waals surface area contributed by atoms with Gasteiger partial charge in [-0.2, -0.15) is 0 Å². The van der Waals surface area contributed by atoms with Crippen LogP contribution in [0.3, 0.4) is 0 Å². The Morgan fingerprint density at radius 3 is 2.03 bits per heavy atom. The molecule has 2 aromatic carbocycles. The van der Waals surface area contributed by atoms with Gasteiger partial charge in [0.25, 0.3) is 0 Å². The summed E-state index contributed by atoms with van der Waals surface area (Å²) in [5.74, 6) is 0.305. The second-order valence-electron chi connectivity index (χ2n) is 6.33. The van der Waals surface area contributed by atoms with E-state index < -0.39 is 16.2 Å². The average molecular weight is 471 g/mol. The fraction of sp³-hybridized carbons (Fsp3) is 0.400. The highest BCUT2D eigenvalue weighted by Gasteiger charge is 2.33. The minimum Gasteiger partial charge on any atom is -0.489 e. The molecule has 2 aromatic rings. The summed E-state index contributed by atoms with van der Waals surface area (Å²) in [6, 6.07) is 12.1. The Hall–Kier alpha value is -1.34. The van der Waals surface area contributed by atoms with Gasteiger partial charge in [0.2, 0.25) is 3.79 Å². The van der Waals surface area contributed by atoms with Crippen LogP contribution in [0.2, 0.25) is 0 Å². The summed E-state index contributed by atoms with van der Waals surface area (Å²) in [6.07, 6.45) is -2.73. The largest absolute Gasteiger partial charge is 0.573 e. The van der Waals surface area contributed by atoms with Crippen LogP contribution in [-0.4, -0.2) is 16.7 Å². The SMILES string of the molecule is CCCCNC(c1ccc(OCc2ccc(OC(F)(F)F)cc2)cc1)C(Cl)(Cl)Cl. The molecule has 0 saturated carbocycles. The van der Waals surface area contributed by atoms with Crippen molar-refractivity contribution in [3.05, 3.63) is 59.7 Å². The van der Waals surface area contributed by atoms with Crippen molar-refractivity contribution >= 4 is 34.8 Å². The monoisotopic (exact) mass is 469 g/mol. The number of nitrogens with one attached hydrogen (secondary N) is 1. The number of ether oxygens (including phenoxy) is 2. The number of halogens is 6. The first-order valence-corrected chi connectivity index (χ1v) is 10.1. The molecule has 0 aromatic heterocycles. The molecule has 9 heteroatoms. The Labute approximate surface area is 183 Å². The molecule has 0 bridgehead atoms. The molecule has 1 atom stereocenters. The summed E-state index contributed by atoms with van der Waals surface area (Å²) in [4.78, 5) is 0. The molecular weight excluding hydrogens is 450 g/mol. The maximum Gasteiger partial charge on any atom is 0.573 e. The lowest BCUT2D eigenvalue weighted by Gasteiger charge is -2.26. The summed E-state index contributed by atoms with van der Waals surface area (Å²) in [6.45, 7) is 2.99. The maximum absolute atomic E-state index is 12.2. The molecule has 1 N–H and O–H groups in total. The van der Waals surface area contributed by atoms with Crippen LogP contribution < -0.4 is 14.8 Å². The van der Waals surface area contributed by atoms with Crippen molar-refractivity contribution in [1.82, 2.24) is 5.32 Å². The van der Waals surface area contributed by atoms with Gasteiger partial charge in [-0.25, -0.2) is 0 Å². The quantitative estimate of drug-likeness (QED) is 0.317. The van der Waals surface area contributed by atoms with Gasteiger partial charge in [0, 0.05) is 0 Å². The second-order valence-corrected chi connectivity index (χ2v) is 8.70. The smallest absolute Gasteiger partial charge is 0.489 e. The molecular formula is C20H21Cl3F3NO2. The fourth-order valence-electron chi connectivity index (χ4n) is 2.56. The molecule has 0 aliphatic rings. The minimum atomic E-state index is -4.71. The Morgan fingerprint density at radius 2 is 1.52 bits per heavy atom. The van der Waals surface area contributed by atoms with E-state index in [4.69, 9.17) is 39.5 Å². The van der Waals surface area contributed by atoms with E-state index in [0.717, 1.165) is 24.9 Å². The lowest BCUT2D eigenvalue weighted by atomic mass is 10.1. The number of hydrogen-bond acceptors (Lipinski definition) is 3. The second kappa shape index (κ2) is 10.6. The average Bonchev–Trinajstić information content (AvgIpc) is 2.63. The first-order valence-electron chi connectivity index (χ1n) is 8.96. The van der Waals surface area contributed by atoms with Gasteiger partial charge >= 0.3 is 6.36 Å². The molecule has 160 valence electrons. The van der Waals surface area contributed by atoms with Crippen LogP contribution in [0.5, 0.6) is 11.5 Å². The summed E-state index contributed by atoms with van der Waals surface area (Å²) < 4.78 is 44.6. The zero-order valence-electron chi connectivity index (χ0n) is 15.6. The van der Waals surface area contributed by atoms with E-state index in [2.05, 4.69) is 17.0 Å². The van der Waals surface area contributed by atoms with Crippen LogP contribution in [-0.2, 0) is 6.61 Å². The molecule has 0 saturated heterocycles. The molecule has 0 amide bonds. The van der Waals surface area contributed by atoms with Crippen molar-refractivity contribution in [3.63, 3.8) is 0 Å². The van der Waals surface area contributed by atoms with Crippen molar-refractivity contribution in [2.75, 3.05) is 6.54 Å². The van der Waals surface area contributed by atoms with E-state index in [1.807, 2.05) is 0 Å². The third kappa shape index (κ3) is 8.51. The predicted molar refractivity (Wildman–Crippen MR) is 110 cm³/mol. The molecule has 1 unspecified atom stereocenters. The number of hydrogen-bond donors (Lipinski definition) is 1. The highest BCUT2D eigenvalue weighted by atomic mass is 35.6. The van der Waals surface area contributed by atoms with E-state index in [1.165, 1.54) is 24.3 Å². The molecule has 0 aliphatic carbocycles. The third-order valence-electron chi connectivity index (χ3n) is 3.98. The van der Waals surface area contributed by atoms with Gasteiger partial charge in [-0.15, -0.1) is 13.2 Å². The molecule has 0 radical (unpaired) electrons. The first kappa shape index (κ1) is 23.9. The van der Waals surface area contributed by atoms with Crippen LogP contribution in [0.15, 0.2) is 48.5 Å². The number of benzene rings is 2. The summed E-state index contributed by atoms with van der Waals surface area (Å²) >= 11 is 18.3. The Balaban J connectivity index is 1.95. The van der Waals surface area contributed by atoms with Gasteiger partial charge in [0.05, 0.1) is 6.04 Å². The lowest BCUT2D eigenvalue weighted by molar-refractivity contribution is -0.274. The Bertz CT molecular complexity index is 748. The van der Waals surface area contributed by atoms with E-state index in [9.17, 15) is 13.2 Å². The third-order valence-corrected chi connectivity index (χ3v) is 4.64. The molecule has 0 heterocycles. The summed E-state index contributed by atoms with van der Waals surface area (Å²) in [5.41, 5.74) is 1.51. The van der Waals surface area contributed by atoms with Gasteiger partial charge in [-0.1, -0.05) is 72.4 Å². The van der Waals surface area contributed by atoms with E-state index >= 15 is 0 Å². The van der Waals surface area contributed by atoms with Crippen molar-refractivity contribution in [1.29, 1.82) is 0 Å². The van der Waals surface area contributed by atoms with E-state index in [-0.39, 0.29) is 12.4 Å². The molecule has 3 nitrogen and oxygen atoms in total. The molecule has 0 aliphatic heterocycles.